The lowest BCUT2D eigenvalue weighted by Crippen LogP contribution is -2.05. The Kier molecular flexibility index (Phi) is 3.73. The molecule has 0 amide bonds. The molecule has 2 rings (SSSR count). The summed E-state index contributed by atoms with van der Waals surface area (Å²) in [6.07, 6.45) is 0. The van der Waals surface area contributed by atoms with Crippen molar-refractivity contribution in [2.75, 3.05) is 12.6 Å². The number of anilines is 1. The first-order valence-electron chi connectivity index (χ1n) is 5.11. The number of halogens is 1. The maximum atomic E-state index is 5.90. The van der Waals surface area contributed by atoms with Crippen molar-refractivity contribution < 1.29 is 9.57 Å². The lowest BCUT2D eigenvalue weighted by atomic mass is 10.3. The number of hydrogen-bond donors (Lipinski definition) is 1. The van der Waals surface area contributed by atoms with E-state index in [9.17, 15) is 0 Å². The fraction of sp³-hybridized carbons (Fsp3) is 0.0769. The van der Waals surface area contributed by atoms with Gasteiger partial charge >= 0.3 is 0 Å². The van der Waals surface area contributed by atoms with Gasteiger partial charge in [0.05, 0.1) is 7.11 Å². The Balaban J connectivity index is 2.11. The molecule has 0 spiro atoms. The normalized spacial score (nSPS) is 9.76. The first-order valence-corrected chi connectivity index (χ1v) is 5.49. The second-order valence-electron chi connectivity index (χ2n) is 3.36. The number of para-hydroxylation sites is 1. The van der Waals surface area contributed by atoms with E-state index in [4.69, 9.17) is 21.2 Å². The van der Waals surface area contributed by atoms with Crippen LogP contribution in [-0.2, 0) is 0 Å². The summed E-state index contributed by atoms with van der Waals surface area (Å²) in [6.45, 7) is 0. The van der Waals surface area contributed by atoms with Crippen molar-refractivity contribution in [3.63, 3.8) is 0 Å². The van der Waals surface area contributed by atoms with Crippen molar-refractivity contribution >= 4 is 17.3 Å². The summed E-state index contributed by atoms with van der Waals surface area (Å²) in [6, 6.07) is 14.7. The van der Waals surface area contributed by atoms with E-state index in [0.717, 1.165) is 5.75 Å². The van der Waals surface area contributed by atoms with Gasteiger partial charge in [0.2, 0.25) is 0 Å². The summed E-state index contributed by atoms with van der Waals surface area (Å²) in [4.78, 5) is 5.40. The Hall–Kier alpha value is -1.87. The molecule has 0 aliphatic carbocycles. The van der Waals surface area contributed by atoms with E-state index in [1.165, 1.54) is 0 Å². The topological polar surface area (TPSA) is 30.5 Å². The van der Waals surface area contributed by atoms with E-state index >= 15 is 0 Å². The monoisotopic (exact) mass is 249 g/mol. The number of nitrogens with one attached hydrogen (secondary N) is 1. The maximum Gasteiger partial charge on any atom is 0.155 e. The molecule has 2 aromatic carbocycles. The third-order valence-corrected chi connectivity index (χ3v) is 2.42. The minimum absolute atomic E-state index is 0.616. The van der Waals surface area contributed by atoms with Crippen LogP contribution in [-0.4, -0.2) is 7.11 Å². The Bertz CT molecular complexity index is 488. The maximum absolute atomic E-state index is 5.90. The molecule has 3 nitrogen and oxygen atoms in total. The highest BCUT2D eigenvalue weighted by Crippen LogP contribution is 2.27. The van der Waals surface area contributed by atoms with Crippen molar-refractivity contribution in [2.24, 2.45) is 0 Å². The smallest absolute Gasteiger partial charge is 0.155 e. The van der Waals surface area contributed by atoms with Gasteiger partial charge in [-0.05, 0) is 30.3 Å². The highest BCUT2D eigenvalue weighted by molar-refractivity contribution is 6.30. The van der Waals surface area contributed by atoms with Gasteiger partial charge in [-0.15, -0.1) is 0 Å². The average molecular weight is 250 g/mol. The third kappa shape index (κ3) is 3.04. The van der Waals surface area contributed by atoms with Gasteiger partial charge in [-0.1, -0.05) is 29.8 Å². The van der Waals surface area contributed by atoms with E-state index in [1.807, 2.05) is 30.3 Å². The molecule has 0 saturated heterocycles. The quantitative estimate of drug-likeness (QED) is 0.837. The molecule has 1 N–H and O–H groups in total. The van der Waals surface area contributed by atoms with Crippen molar-refractivity contribution in [3.8, 4) is 11.5 Å². The van der Waals surface area contributed by atoms with Gasteiger partial charge in [0.25, 0.3) is 0 Å². The molecular weight excluding hydrogens is 238 g/mol. The highest BCUT2D eigenvalue weighted by atomic mass is 35.5. The molecule has 0 atom stereocenters. The molecule has 0 heterocycles. The van der Waals surface area contributed by atoms with E-state index in [-0.39, 0.29) is 0 Å². The molecule has 0 saturated carbocycles. The van der Waals surface area contributed by atoms with Crippen LogP contribution in [0.3, 0.4) is 0 Å². The van der Waals surface area contributed by atoms with E-state index in [0.29, 0.717) is 16.5 Å². The molecule has 0 radical (unpaired) electrons. The van der Waals surface area contributed by atoms with E-state index < -0.39 is 0 Å². The van der Waals surface area contributed by atoms with Crippen molar-refractivity contribution in [2.45, 2.75) is 0 Å². The van der Waals surface area contributed by atoms with Crippen molar-refractivity contribution in [1.82, 2.24) is 0 Å². The number of ether oxygens (including phenoxy) is 1. The van der Waals surface area contributed by atoms with Crippen LogP contribution in [0, 0.1) is 0 Å². The van der Waals surface area contributed by atoms with Crippen LogP contribution in [0.15, 0.2) is 48.5 Å². The van der Waals surface area contributed by atoms with Crippen LogP contribution in [0.2, 0.25) is 5.02 Å². The molecule has 0 aliphatic heterocycles. The highest BCUT2D eigenvalue weighted by Gasteiger charge is 2.03. The Morgan fingerprint density at radius 2 is 1.82 bits per heavy atom. The predicted molar refractivity (Wildman–Crippen MR) is 68.7 cm³/mol. The summed E-state index contributed by atoms with van der Waals surface area (Å²) in [5.74, 6) is 1.39. The number of rotatable bonds is 4. The summed E-state index contributed by atoms with van der Waals surface area (Å²) in [7, 11) is 1.59. The Morgan fingerprint density at radius 3 is 2.53 bits per heavy atom. The van der Waals surface area contributed by atoms with Crippen LogP contribution in [0.5, 0.6) is 11.5 Å². The first kappa shape index (κ1) is 11.6. The van der Waals surface area contributed by atoms with Crippen molar-refractivity contribution in [3.05, 3.63) is 53.6 Å². The molecular formula is C13H12ClNO2. The molecule has 0 unspecified atom stereocenters. The van der Waals surface area contributed by atoms with Crippen LogP contribution in [0.1, 0.15) is 0 Å². The zero-order chi connectivity index (χ0) is 12.1. The van der Waals surface area contributed by atoms with E-state index in [2.05, 4.69) is 5.48 Å². The predicted octanol–water partition coefficient (Wildman–Crippen LogP) is 3.75. The second kappa shape index (κ2) is 5.46. The third-order valence-electron chi connectivity index (χ3n) is 2.18. The van der Waals surface area contributed by atoms with Crippen LogP contribution in [0.25, 0.3) is 0 Å². The van der Waals surface area contributed by atoms with Gasteiger partial charge in [-0.2, -0.15) is 0 Å². The average Bonchev–Trinajstić information content (AvgIpc) is 2.38. The van der Waals surface area contributed by atoms with E-state index in [1.54, 1.807) is 25.3 Å². The molecule has 2 aromatic rings. The standard InChI is InChI=1S/C13H12ClNO2/c1-16-13-8-7-10(14)9-12(13)15-17-11-5-3-2-4-6-11/h2-9,15H,1H3. The molecule has 17 heavy (non-hydrogen) atoms. The Morgan fingerprint density at radius 1 is 1.06 bits per heavy atom. The number of methoxy groups -OCH3 is 1. The summed E-state index contributed by atoms with van der Waals surface area (Å²) < 4.78 is 5.19. The minimum Gasteiger partial charge on any atom is -0.494 e. The molecule has 88 valence electrons. The van der Waals surface area contributed by atoms with Gasteiger partial charge in [0, 0.05) is 5.02 Å². The van der Waals surface area contributed by atoms with Gasteiger partial charge < -0.3 is 9.57 Å². The fourth-order valence-electron chi connectivity index (χ4n) is 1.36. The molecule has 4 heteroatoms. The minimum atomic E-state index is 0.616. The lowest BCUT2D eigenvalue weighted by molar-refractivity contribution is 0.385. The molecule has 0 aliphatic rings. The van der Waals surface area contributed by atoms with Crippen LogP contribution >= 0.6 is 11.6 Å². The Labute approximate surface area is 105 Å². The summed E-state index contributed by atoms with van der Waals surface area (Å²) >= 11 is 5.90. The fourth-order valence-corrected chi connectivity index (χ4v) is 1.53. The first-order chi connectivity index (χ1) is 8.29. The molecule has 0 bridgehead atoms. The zero-order valence-corrected chi connectivity index (χ0v) is 10.1. The second-order valence-corrected chi connectivity index (χ2v) is 3.80. The van der Waals surface area contributed by atoms with Crippen LogP contribution < -0.4 is 15.1 Å². The van der Waals surface area contributed by atoms with Gasteiger partial charge in [0.1, 0.15) is 11.4 Å². The summed E-state index contributed by atoms with van der Waals surface area (Å²) in [5.41, 5.74) is 3.50. The van der Waals surface area contributed by atoms with Gasteiger partial charge in [-0.25, -0.2) is 5.48 Å². The molecule has 0 fully saturated rings. The van der Waals surface area contributed by atoms with Gasteiger partial charge in [-0.3, -0.25) is 0 Å². The SMILES string of the molecule is COc1ccc(Cl)cc1NOc1ccccc1. The summed E-state index contributed by atoms with van der Waals surface area (Å²) in [5, 5.41) is 0.616. The zero-order valence-electron chi connectivity index (χ0n) is 9.31. The molecule has 0 aromatic heterocycles. The lowest BCUT2D eigenvalue weighted by Gasteiger charge is -2.11. The van der Waals surface area contributed by atoms with Crippen molar-refractivity contribution in [1.29, 1.82) is 0 Å². The van der Waals surface area contributed by atoms with Gasteiger partial charge in [0.15, 0.2) is 5.75 Å². The van der Waals surface area contributed by atoms with Crippen LogP contribution in [0.4, 0.5) is 5.69 Å². The number of benzene rings is 2. The number of hydrogen-bond acceptors (Lipinski definition) is 3. The largest absolute Gasteiger partial charge is 0.494 e.